The molecule has 0 aliphatic carbocycles. The van der Waals surface area contributed by atoms with Crippen LogP contribution in [-0.4, -0.2) is 54.2 Å². The molecule has 0 radical (unpaired) electrons. The number of sulfonamides is 1. The molecule has 2 rings (SSSR count). The number of carbonyl (C=O) groups excluding carboxylic acids is 1. The van der Waals surface area contributed by atoms with Crippen LogP contribution in [0.1, 0.15) is 12.6 Å². The Balaban J connectivity index is 2.35. The Morgan fingerprint density at radius 2 is 2.13 bits per heavy atom. The number of nitrogens with zero attached hydrogens (tertiary/aromatic N) is 4. The monoisotopic (exact) mass is 340 g/mol. The third kappa shape index (κ3) is 3.20. The minimum absolute atomic E-state index is 0.0269. The van der Waals surface area contributed by atoms with Crippen molar-refractivity contribution in [2.24, 2.45) is 13.0 Å². The normalized spacial score (nSPS) is 13.5. The largest absolute Gasteiger partial charge is 0.469 e. The Labute approximate surface area is 135 Å². The van der Waals surface area contributed by atoms with Gasteiger partial charge in [-0.2, -0.15) is 5.10 Å². The molecule has 1 atom stereocenters. The van der Waals surface area contributed by atoms with Crippen LogP contribution in [0.25, 0.3) is 11.0 Å². The van der Waals surface area contributed by atoms with E-state index in [1.165, 1.54) is 20.4 Å². The summed E-state index contributed by atoms with van der Waals surface area (Å²) in [6.07, 6.45) is 1.30. The molecule has 0 N–H and O–H groups in total. The van der Waals surface area contributed by atoms with Crippen LogP contribution < -0.4 is 0 Å². The van der Waals surface area contributed by atoms with Gasteiger partial charge in [-0.1, -0.05) is 6.92 Å². The van der Waals surface area contributed by atoms with Gasteiger partial charge in [-0.15, -0.1) is 0 Å². The topological polar surface area (TPSA) is 94.4 Å². The van der Waals surface area contributed by atoms with Gasteiger partial charge in [-0.05, 0) is 13.0 Å². The number of pyridine rings is 1. The summed E-state index contributed by atoms with van der Waals surface area (Å²) in [5.74, 6) is -1.01. The zero-order chi connectivity index (χ0) is 17.4. The fraction of sp³-hybridized carbons (Fsp3) is 0.500. The molecule has 2 aromatic rings. The molecule has 0 aromatic carbocycles. The summed E-state index contributed by atoms with van der Waals surface area (Å²) < 4.78 is 32.6. The summed E-state index contributed by atoms with van der Waals surface area (Å²) in [4.78, 5) is 15.7. The number of hydrogen-bond acceptors (Lipinski definition) is 6. The molecule has 126 valence electrons. The molecule has 8 nitrogen and oxygen atoms in total. The van der Waals surface area contributed by atoms with Crippen LogP contribution >= 0.6 is 0 Å². The number of ether oxygens (including phenoxy) is 1. The van der Waals surface area contributed by atoms with Gasteiger partial charge in [0.2, 0.25) is 10.0 Å². The Morgan fingerprint density at radius 3 is 2.74 bits per heavy atom. The predicted molar refractivity (Wildman–Crippen MR) is 84.2 cm³/mol. The van der Waals surface area contributed by atoms with Gasteiger partial charge in [0.1, 0.15) is 4.90 Å². The fourth-order valence-corrected chi connectivity index (χ4v) is 3.60. The van der Waals surface area contributed by atoms with Crippen molar-refractivity contribution in [2.75, 3.05) is 20.7 Å². The zero-order valence-corrected chi connectivity index (χ0v) is 14.6. The van der Waals surface area contributed by atoms with Crippen molar-refractivity contribution in [1.82, 2.24) is 19.1 Å². The van der Waals surface area contributed by atoms with E-state index >= 15 is 0 Å². The highest BCUT2D eigenvalue weighted by Gasteiger charge is 2.26. The van der Waals surface area contributed by atoms with Crippen LogP contribution in [0.2, 0.25) is 0 Å². The minimum atomic E-state index is -3.75. The highest BCUT2D eigenvalue weighted by atomic mass is 32.2. The molecule has 0 bridgehead atoms. The summed E-state index contributed by atoms with van der Waals surface area (Å²) in [5, 5.41) is 4.91. The molecular formula is C14H20N4O4S. The number of methoxy groups -OCH3 is 1. The summed E-state index contributed by atoms with van der Waals surface area (Å²) in [6.45, 7) is 3.44. The molecule has 0 aliphatic heterocycles. The Bertz CT molecular complexity index is 844. The summed E-state index contributed by atoms with van der Waals surface area (Å²) in [7, 11) is 0.702. The van der Waals surface area contributed by atoms with Crippen molar-refractivity contribution >= 4 is 27.0 Å². The van der Waals surface area contributed by atoms with Gasteiger partial charge in [0, 0.05) is 32.2 Å². The maximum absolute atomic E-state index is 12.6. The number of carbonyl (C=O) groups is 1. The maximum atomic E-state index is 12.6. The number of rotatable bonds is 5. The van der Waals surface area contributed by atoms with Gasteiger partial charge in [0.05, 0.1) is 18.7 Å². The van der Waals surface area contributed by atoms with Crippen LogP contribution in [-0.2, 0) is 26.6 Å². The third-order valence-electron chi connectivity index (χ3n) is 3.68. The van der Waals surface area contributed by atoms with Crippen molar-refractivity contribution in [1.29, 1.82) is 0 Å². The lowest BCUT2D eigenvalue weighted by Crippen LogP contribution is -2.34. The second kappa shape index (κ2) is 6.25. The van der Waals surface area contributed by atoms with E-state index in [2.05, 4.69) is 14.8 Å². The molecule has 23 heavy (non-hydrogen) atoms. The van der Waals surface area contributed by atoms with Crippen molar-refractivity contribution in [3.8, 4) is 0 Å². The van der Waals surface area contributed by atoms with Gasteiger partial charge in [-0.3, -0.25) is 9.48 Å². The summed E-state index contributed by atoms with van der Waals surface area (Å²) in [5.41, 5.74) is 1.32. The first-order chi connectivity index (χ1) is 10.7. The molecule has 0 saturated heterocycles. The van der Waals surface area contributed by atoms with Crippen LogP contribution in [0.3, 0.4) is 0 Å². The second-order valence-corrected chi connectivity index (χ2v) is 7.51. The highest BCUT2D eigenvalue weighted by molar-refractivity contribution is 7.89. The van der Waals surface area contributed by atoms with E-state index in [-0.39, 0.29) is 11.4 Å². The number of aryl methyl sites for hydroxylation is 2. The first kappa shape index (κ1) is 17.4. The smallest absolute Gasteiger partial charge is 0.309 e. The van der Waals surface area contributed by atoms with Gasteiger partial charge in [0.25, 0.3) is 0 Å². The first-order valence-electron chi connectivity index (χ1n) is 7.02. The number of aromatic nitrogens is 3. The number of fused-ring (bicyclic) bond motifs is 1. The van der Waals surface area contributed by atoms with E-state index in [4.69, 9.17) is 0 Å². The highest BCUT2D eigenvalue weighted by Crippen LogP contribution is 2.22. The number of esters is 1. The molecule has 0 saturated carbocycles. The quantitative estimate of drug-likeness (QED) is 0.744. The average molecular weight is 340 g/mol. The Hall–Kier alpha value is -2.00. The Kier molecular flexibility index (Phi) is 4.71. The van der Waals surface area contributed by atoms with Crippen LogP contribution in [0.15, 0.2) is 17.2 Å². The molecule has 2 aromatic heterocycles. The zero-order valence-electron chi connectivity index (χ0n) is 13.8. The van der Waals surface area contributed by atoms with Gasteiger partial charge in [0.15, 0.2) is 5.65 Å². The van der Waals surface area contributed by atoms with Gasteiger partial charge < -0.3 is 4.74 Å². The van der Waals surface area contributed by atoms with E-state index < -0.39 is 21.9 Å². The summed E-state index contributed by atoms with van der Waals surface area (Å²) >= 11 is 0. The first-order valence-corrected chi connectivity index (χ1v) is 8.46. The van der Waals surface area contributed by atoms with Gasteiger partial charge >= 0.3 is 5.97 Å². The van der Waals surface area contributed by atoms with Gasteiger partial charge in [-0.25, -0.2) is 17.7 Å². The van der Waals surface area contributed by atoms with E-state index in [9.17, 15) is 13.2 Å². The molecule has 2 heterocycles. The molecule has 0 spiro atoms. The summed E-state index contributed by atoms with van der Waals surface area (Å²) in [6, 6.07) is 1.55. The molecule has 0 aliphatic rings. The lowest BCUT2D eigenvalue weighted by molar-refractivity contribution is -0.144. The molecular weight excluding hydrogens is 320 g/mol. The molecule has 0 fully saturated rings. The van der Waals surface area contributed by atoms with E-state index in [0.29, 0.717) is 16.7 Å². The Morgan fingerprint density at radius 1 is 1.48 bits per heavy atom. The van der Waals surface area contributed by atoms with Crippen molar-refractivity contribution in [3.05, 3.63) is 18.0 Å². The second-order valence-electron chi connectivity index (χ2n) is 5.46. The SMILES string of the molecule is COC(=O)C(C)CN(C)S(=O)(=O)c1cnc2c(c1)c(C)nn2C. The van der Waals surface area contributed by atoms with Crippen molar-refractivity contribution in [3.63, 3.8) is 0 Å². The molecule has 1 unspecified atom stereocenters. The number of hydrogen-bond donors (Lipinski definition) is 0. The van der Waals surface area contributed by atoms with Crippen molar-refractivity contribution < 1.29 is 17.9 Å². The molecule has 0 amide bonds. The maximum Gasteiger partial charge on any atom is 0.309 e. The van der Waals surface area contributed by atoms with Crippen LogP contribution in [0, 0.1) is 12.8 Å². The lowest BCUT2D eigenvalue weighted by atomic mass is 10.2. The van der Waals surface area contributed by atoms with E-state index in [1.807, 2.05) is 0 Å². The molecule has 9 heteroatoms. The van der Waals surface area contributed by atoms with Crippen LogP contribution in [0.5, 0.6) is 0 Å². The third-order valence-corrected chi connectivity index (χ3v) is 5.47. The van der Waals surface area contributed by atoms with Crippen molar-refractivity contribution in [2.45, 2.75) is 18.7 Å². The standard InChI is InChI=1S/C14H20N4O4S/c1-9(14(19)22-5)8-17(3)23(20,21)11-6-12-10(2)16-18(4)13(12)15-7-11/h6-7,9H,8H2,1-5H3. The van der Waals surface area contributed by atoms with E-state index in [1.54, 1.807) is 31.6 Å². The average Bonchev–Trinajstić information content (AvgIpc) is 2.80. The van der Waals surface area contributed by atoms with Crippen LogP contribution in [0.4, 0.5) is 0 Å². The minimum Gasteiger partial charge on any atom is -0.469 e. The lowest BCUT2D eigenvalue weighted by Gasteiger charge is -2.19. The predicted octanol–water partition coefficient (Wildman–Crippen LogP) is 0.706. The fourth-order valence-electron chi connectivity index (χ4n) is 2.37. The van der Waals surface area contributed by atoms with E-state index in [0.717, 1.165) is 4.31 Å².